The van der Waals surface area contributed by atoms with Gasteiger partial charge in [-0.3, -0.25) is 14.3 Å². The molecule has 0 spiro atoms. The molecule has 0 N–H and O–H groups in total. The van der Waals surface area contributed by atoms with Gasteiger partial charge in [-0.25, -0.2) is 5.01 Å². The second-order valence-corrected chi connectivity index (χ2v) is 8.52. The lowest BCUT2D eigenvalue weighted by atomic mass is 9.97. The van der Waals surface area contributed by atoms with Crippen LogP contribution in [0.2, 0.25) is 0 Å². The van der Waals surface area contributed by atoms with E-state index in [1.807, 2.05) is 42.5 Å². The van der Waals surface area contributed by atoms with Crippen molar-refractivity contribution < 1.29 is 19.1 Å². The molecule has 0 unspecified atom stereocenters. The number of hydrogen-bond donors (Lipinski definition) is 0. The van der Waals surface area contributed by atoms with E-state index in [2.05, 4.69) is 29.4 Å². The van der Waals surface area contributed by atoms with Crippen molar-refractivity contribution >= 4 is 28.4 Å². The lowest BCUT2D eigenvalue weighted by molar-refractivity contribution is -0.153. The van der Waals surface area contributed by atoms with Gasteiger partial charge in [0.2, 0.25) is 0 Å². The number of amides is 1. The molecule has 3 aromatic carbocycles. The number of hydrogen-bond acceptors (Lipinski definition) is 6. The van der Waals surface area contributed by atoms with E-state index in [0.29, 0.717) is 13.0 Å². The van der Waals surface area contributed by atoms with Crippen molar-refractivity contribution in [3.05, 3.63) is 96.3 Å². The second-order valence-electron chi connectivity index (χ2n) is 8.52. The van der Waals surface area contributed by atoms with Gasteiger partial charge in [0, 0.05) is 18.8 Å². The third-order valence-electron chi connectivity index (χ3n) is 6.21. The van der Waals surface area contributed by atoms with Crippen molar-refractivity contribution in [2.75, 3.05) is 13.7 Å². The molecule has 1 amide bonds. The van der Waals surface area contributed by atoms with Crippen LogP contribution in [0, 0.1) is 0 Å². The fourth-order valence-corrected chi connectivity index (χ4v) is 4.29. The number of aromatic nitrogens is 2. The van der Waals surface area contributed by atoms with Crippen LogP contribution >= 0.6 is 0 Å². The molecule has 36 heavy (non-hydrogen) atoms. The van der Waals surface area contributed by atoms with Crippen molar-refractivity contribution in [3.63, 3.8) is 0 Å². The molecule has 0 saturated carbocycles. The van der Waals surface area contributed by atoms with Crippen LogP contribution in [0.15, 0.2) is 90.3 Å². The van der Waals surface area contributed by atoms with Crippen LogP contribution in [0.4, 0.5) is 0 Å². The summed E-state index contributed by atoms with van der Waals surface area (Å²) in [6.07, 6.45) is 4.09. The molecule has 0 aliphatic carbocycles. The summed E-state index contributed by atoms with van der Waals surface area (Å²) in [5.41, 5.74) is 2.69. The number of esters is 1. The largest absolute Gasteiger partial charge is 0.497 e. The number of rotatable bonds is 8. The molecule has 182 valence electrons. The lowest BCUT2D eigenvalue weighted by Gasteiger charge is -2.22. The summed E-state index contributed by atoms with van der Waals surface area (Å²) in [4.78, 5) is 25.4. The summed E-state index contributed by atoms with van der Waals surface area (Å²) < 4.78 is 12.2. The van der Waals surface area contributed by atoms with E-state index in [1.165, 1.54) is 5.01 Å². The van der Waals surface area contributed by atoms with E-state index in [-0.39, 0.29) is 25.0 Å². The zero-order chi connectivity index (χ0) is 24.9. The van der Waals surface area contributed by atoms with Gasteiger partial charge in [-0.05, 0) is 46.2 Å². The summed E-state index contributed by atoms with van der Waals surface area (Å²) in [7, 11) is 1.61. The first-order valence-corrected chi connectivity index (χ1v) is 11.8. The number of ether oxygens (including phenoxy) is 2. The minimum Gasteiger partial charge on any atom is -0.497 e. The Bertz CT molecular complexity index is 1400. The van der Waals surface area contributed by atoms with Crippen molar-refractivity contribution in [2.24, 2.45) is 5.10 Å². The fraction of sp³-hybridized carbons (Fsp3) is 0.214. The van der Waals surface area contributed by atoms with Gasteiger partial charge in [-0.2, -0.15) is 10.2 Å². The van der Waals surface area contributed by atoms with Crippen LogP contribution < -0.4 is 4.74 Å². The molecule has 1 aliphatic rings. The van der Waals surface area contributed by atoms with Gasteiger partial charge in [-0.15, -0.1) is 0 Å². The molecule has 2 heterocycles. The van der Waals surface area contributed by atoms with Crippen molar-refractivity contribution in [3.8, 4) is 5.75 Å². The molecule has 8 heteroatoms. The average Bonchev–Trinajstić information content (AvgIpc) is 3.61. The van der Waals surface area contributed by atoms with Crippen LogP contribution in [-0.2, 0) is 20.9 Å². The predicted molar refractivity (Wildman–Crippen MR) is 135 cm³/mol. The van der Waals surface area contributed by atoms with Gasteiger partial charge < -0.3 is 9.47 Å². The Morgan fingerprint density at radius 1 is 1.00 bits per heavy atom. The molecule has 8 nitrogen and oxygen atoms in total. The summed E-state index contributed by atoms with van der Waals surface area (Å²) in [6.45, 7) is 0.0154. The zero-order valence-electron chi connectivity index (χ0n) is 19.9. The number of nitrogens with zero attached hydrogens (tertiary/aromatic N) is 4. The lowest BCUT2D eigenvalue weighted by Crippen LogP contribution is -2.31. The zero-order valence-corrected chi connectivity index (χ0v) is 19.9. The Morgan fingerprint density at radius 3 is 2.56 bits per heavy atom. The number of fused-ring (bicyclic) bond motifs is 1. The Labute approximate surface area is 208 Å². The molecule has 4 aromatic rings. The highest BCUT2D eigenvalue weighted by Crippen LogP contribution is 2.34. The molecule has 1 aromatic heterocycles. The Kier molecular flexibility index (Phi) is 6.75. The second kappa shape index (κ2) is 10.4. The van der Waals surface area contributed by atoms with Gasteiger partial charge in [-0.1, -0.05) is 48.5 Å². The molecule has 0 radical (unpaired) electrons. The summed E-state index contributed by atoms with van der Waals surface area (Å²) in [5, 5.41) is 12.4. The number of carbonyl (C=O) groups is 2. The molecule has 0 saturated heterocycles. The molecular formula is C28H26N4O4. The monoisotopic (exact) mass is 482 g/mol. The van der Waals surface area contributed by atoms with Crippen molar-refractivity contribution in [1.82, 2.24) is 14.8 Å². The summed E-state index contributed by atoms with van der Waals surface area (Å²) >= 11 is 0. The van der Waals surface area contributed by atoms with E-state index in [4.69, 9.17) is 14.6 Å². The van der Waals surface area contributed by atoms with Gasteiger partial charge in [0.05, 0.1) is 31.8 Å². The Morgan fingerprint density at radius 2 is 1.81 bits per heavy atom. The van der Waals surface area contributed by atoms with E-state index in [1.54, 1.807) is 30.3 Å². The van der Waals surface area contributed by atoms with Gasteiger partial charge >= 0.3 is 5.97 Å². The Balaban J connectivity index is 1.34. The molecular weight excluding hydrogens is 456 g/mol. The van der Waals surface area contributed by atoms with Crippen molar-refractivity contribution in [2.45, 2.75) is 25.4 Å². The third-order valence-corrected chi connectivity index (χ3v) is 6.21. The molecule has 0 bridgehead atoms. The first-order valence-electron chi connectivity index (χ1n) is 11.8. The molecule has 1 aliphatic heterocycles. The van der Waals surface area contributed by atoms with Crippen LogP contribution in [-0.4, -0.2) is 46.1 Å². The Hall–Kier alpha value is -4.46. The minimum atomic E-state index is -0.460. The van der Waals surface area contributed by atoms with Crippen LogP contribution in [0.3, 0.4) is 0 Å². The maximum Gasteiger partial charge on any atom is 0.308 e. The SMILES string of the molecule is COc1ccc([C@@H]2CC(c3ccc4ccccc4c3)=NN2C(=O)COC(=O)CCn2cccn2)cc1. The van der Waals surface area contributed by atoms with Gasteiger partial charge in [0.15, 0.2) is 6.61 Å². The van der Waals surface area contributed by atoms with E-state index in [9.17, 15) is 9.59 Å². The molecule has 5 rings (SSSR count). The number of methoxy groups -OCH3 is 1. The first kappa shape index (κ1) is 23.3. The highest BCUT2D eigenvalue weighted by molar-refractivity contribution is 6.05. The first-order chi connectivity index (χ1) is 17.6. The topological polar surface area (TPSA) is 86.0 Å². The number of carbonyl (C=O) groups excluding carboxylic acids is 2. The predicted octanol–water partition coefficient (Wildman–Crippen LogP) is 4.36. The normalized spacial score (nSPS) is 15.1. The van der Waals surface area contributed by atoms with Gasteiger partial charge in [0.25, 0.3) is 5.91 Å². The number of benzene rings is 3. The van der Waals surface area contributed by atoms with Crippen LogP contribution in [0.5, 0.6) is 5.75 Å². The highest BCUT2D eigenvalue weighted by atomic mass is 16.5. The van der Waals surface area contributed by atoms with E-state index in [0.717, 1.165) is 33.4 Å². The smallest absolute Gasteiger partial charge is 0.308 e. The average molecular weight is 483 g/mol. The third kappa shape index (κ3) is 5.12. The standard InChI is InChI=1S/C28H26N4O4/c1-35-24-11-9-21(10-12-24)26-18-25(23-8-7-20-5-2-3-6-22(20)17-23)30-32(26)27(33)19-36-28(34)13-16-31-15-4-14-29-31/h2-12,14-15,17,26H,13,16,18-19H2,1H3/t26-/m0/s1. The molecule has 0 fully saturated rings. The fourth-order valence-electron chi connectivity index (χ4n) is 4.29. The van der Waals surface area contributed by atoms with E-state index >= 15 is 0 Å². The summed E-state index contributed by atoms with van der Waals surface area (Å²) in [5.74, 6) is -0.103. The van der Waals surface area contributed by atoms with Gasteiger partial charge in [0.1, 0.15) is 5.75 Å². The van der Waals surface area contributed by atoms with E-state index < -0.39 is 5.97 Å². The maximum absolute atomic E-state index is 13.2. The quantitative estimate of drug-likeness (QED) is 0.349. The molecule has 1 atom stereocenters. The summed E-state index contributed by atoms with van der Waals surface area (Å²) in [6, 6.07) is 23.3. The number of aryl methyl sites for hydroxylation is 1. The van der Waals surface area contributed by atoms with Crippen LogP contribution in [0.25, 0.3) is 10.8 Å². The maximum atomic E-state index is 13.2. The minimum absolute atomic E-state index is 0.127. The number of hydrazone groups is 1. The van der Waals surface area contributed by atoms with Crippen molar-refractivity contribution in [1.29, 1.82) is 0 Å². The van der Waals surface area contributed by atoms with Crippen LogP contribution in [0.1, 0.15) is 30.0 Å². The highest BCUT2D eigenvalue weighted by Gasteiger charge is 2.33.